The molecule has 37 heavy (non-hydrogen) atoms. The summed E-state index contributed by atoms with van der Waals surface area (Å²) < 4.78 is 7.54. The molecule has 3 aromatic rings. The predicted molar refractivity (Wildman–Crippen MR) is 145 cm³/mol. The van der Waals surface area contributed by atoms with Gasteiger partial charge in [0.05, 0.1) is 36.0 Å². The summed E-state index contributed by atoms with van der Waals surface area (Å²) in [6.45, 7) is 8.18. The number of imidazole rings is 1. The summed E-state index contributed by atoms with van der Waals surface area (Å²) >= 11 is 6.53. The third-order valence-corrected chi connectivity index (χ3v) is 7.14. The van der Waals surface area contributed by atoms with Gasteiger partial charge < -0.3 is 19.9 Å². The number of carbonyl (C=O) groups is 1. The molecule has 1 aliphatic carbocycles. The standard InChI is InChI=1S/C28H33ClN6O2/c1-28(2,3)37-27(36)35-12-10-34(11-13-35)26-20-8-7-19(29)15-21(20)22(14-18-6-5-9-32-25(18)26)24(30)23-16-31-17-33(23)4/h5-9,14-17,24,26H,10-13,30H2,1-4H3. The van der Waals surface area contributed by atoms with E-state index in [1.54, 1.807) is 17.4 Å². The number of nitrogens with zero attached hydrogens (tertiary/aromatic N) is 5. The minimum Gasteiger partial charge on any atom is -0.444 e. The molecule has 2 N–H and O–H groups in total. The van der Waals surface area contributed by atoms with Gasteiger partial charge in [0.25, 0.3) is 0 Å². The van der Waals surface area contributed by atoms with Gasteiger partial charge in [-0.05, 0) is 67.3 Å². The van der Waals surface area contributed by atoms with Crippen LogP contribution in [0.5, 0.6) is 0 Å². The lowest BCUT2D eigenvalue weighted by Crippen LogP contribution is -2.51. The van der Waals surface area contributed by atoms with Crippen LogP contribution in [0.4, 0.5) is 4.79 Å². The first-order valence-corrected chi connectivity index (χ1v) is 12.9. The third-order valence-electron chi connectivity index (χ3n) is 6.90. The molecule has 5 rings (SSSR count). The summed E-state index contributed by atoms with van der Waals surface area (Å²) in [5.74, 6) is 0. The molecule has 0 saturated carbocycles. The fourth-order valence-electron chi connectivity index (χ4n) is 5.13. The average molecular weight is 521 g/mol. The number of halogens is 1. The lowest BCUT2D eigenvalue weighted by Gasteiger charge is -2.40. The van der Waals surface area contributed by atoms with Gasteiger partial charge in [-0.3, -0.25) is 9.88 Å². The summed E-state index contributed by atoms with van der Waals surface area (Å²) in [6.07, 6.45) is 7.25. The molecular formula is C28H33ClN6O2. The highest BCUT2D eigenvalue weighted by Gasteiger charge is 2.35. The number of rotatable bonds is 3. The first-order chi connectivity index (χ1) is 17.6. The molecule has 9 heteroatoms. The van der Waals surface area contributed by atoms with Gasteiger partial charge in [-0.2, -0.15) is 0 Å². The van der Waals surface area contributed by atoms with Crippen LogP contribution in [0.3, 0.4) is 0 Å². The van der Waals surface area contributed by atoms with Gasteiger partial charge in [-0.1, -0.05) is 23.7 Å². The van der Waals surface area contributed by atoms with Crippen LogP contribution in [0.2, 0.25) is 5.02 Å². The first-order valence-electron chi connectivity index (χ1n) is 12.5. The summed E-state index contributed by atoms with van der Waals surface area (Å²) in [5, 5.41) is 0.647. The summed E-state index contributed by atoms with van der Waals surface area (Å²) in [7, 11) is 1.95. The van der Waals surface area contributed by atoms with E-state index in [-0.39, 0.29) is 12.1 Å². The fraction of sp³-hybridized carbons (Fsp3) is 0.393. The van der Waals surface area contributed by atoms with Crippen molar-refractivity contribution in [2.75, 3.05) is 26.2 Å². The summed E-state index contributed by atoms with van der Waals surface area (Å²) in [5.41, 5.74) is 12.3. The second-order valence-corrected chi connectivity index (χ2v) is 11.1. The molecule has 3 heterocycles. The molecule has 1 saturated heterocycles. The van der Waals surface area contributed by atoms with Gasteiger partial charge in [-0.15, -0.1) is 0 Å². The third kappa shape index (κ3) is 5.14. The van der Waals surface area contributed by atoms with Crippen LogP contribution >= 0.6 is 11.6 Å². The Hall–Kier alpha value is -3.20. The largest absolute Gasteiger partial charge is 0.444 e. The lowest BCUT2D eigenvalue weighted by atomic mass is 9.90. The smallest absolute Gasteiger partial charge is 0.410 e. The summed E-state index contributed by atoms with van der Waals surface area (Å²) in [6, 6.07) is 9.51. The van der Waals surface area contributed by atoms with Gasteiger partial charge in [0.2, 0.25) is 0 Å². The lowest BCUT2D eigenvalue weighted by molar-refractivity contribution is 0.0118. The van der Waals surface area contributed by atoms with E-state index < -0.39 is 11.6 Å². The molecule has 1 aliphatic heterocycles. The number of fused-ring (bicyclic) bond motifs is 2. The Bertz CT molecular complexity index is 1340. The molecule has 1 fully saturated rings. The number of hydrogen-bond acceptors (Lipinski definition) is 6. The second kappa shape index (κ2) is 9.93. The van der Waals surface area contributed by atoms with Gasteiger partial charge in [0, 0.05) is 44.4 Å². The average Bonchev–Trinajstić information content (AvgIpc) is 3.23. The molecule has 2 unspecified atom stereocenters. The van der Waals surface area contributed by atoms with Crippen molar-refractivity contribution < 1.29 is 9.53 Å². The maximum Gasteiger partial charge on any atom is 0.410 e. The Morgan fingerprint density at radius 2 is 1.95 bits per heavy atom. The van der Waals surface area contributed by atoms with Crippen LogP contribution in [0.1, 0.15) is 60.9 Å². The number of pyridine rings is 1. The van der Waals surface area contributed by atoms with E-state index in [1.165, 1.54) is 0 Å². The van der Waals surface area contributed by atoms with Crippen molar-refractivity contribution in [1.29, 1.82) is 0 Å². The molecule has 2 aromatic heterocycles. The highest BCUT2D eigenvalue weighted by molar-refractivity contribution is 6.30. The van der Waals surface area contributed by atoms with Gasteiger partial charge >= 0.3 is 6.09 Å². The Balaban J connectivity index is 1.53. The molecule has 2 atom stereocenters. The molecule has 8 nitrogen and oxygen atoms in total. The number of ether oxygens (including phenoxy) is 1. The van der Waals surface area contributed by atoms with Crippen LogP contribution < -0.4 is 5.73 Å². The molecule has 2 aliphatic rings. The highest BCUT2D eigenvalue weighted by atomic mass is 35.5. The van der Waals surface area contributed by atoms with E-state index in [0.717, 1.165) is 33.7 Å². The maximum absolute atomic E-state index is 12.7. The Labute approximate surface area is 222 Å². The zero-order valence-corrected chi connectivity index (χ0v) is 22.4. The van der Waals surface area contributed by atoms with Crippen molar-refractivity contribution in [2.45, 2.75) is 38.5 Å². The molecule has 1 aromatic carbocycles. The number of aryl methyl sites for hydroxylation is 1. The Kier molecular flexibility index (Phi) is 6.83. The molecule has 0 radical (unpaired) electrons. The Morgan fingerprint density at radius 1 is 1.19 bits per heavy atom. The fourth-order valence-corrected chi connectivity index (χ4v) is 5.30. The topological polar surface area (TPSA) is 89.5 Å². The molecule has 1 amide bonds. The number of aromatic nitrogens is 3. The molecule has 0 spiro atoms. The van der Waals surface area contributed by atoms with E-state index in [1.807, 2.05) is 56.8 Å². The second-order valence-electron chi connectivity index (χ2n) is 10.6. The van der Waals surface area contributed by atoms with Gasteiger partial charge in [0.1, 0.15) is 5.60 Å². The SMILES string of the molecule is Cn1cncc1C(N)C1=Cc2cccnc2C(N2CCN(C(=O)OC(C)(C)C)CC2)c2ccc(Cl)cc21. The van der Waals surface area contributed by atoms with Crippen molar-refractivity contribution in [3.05, 3.63) is 82.2 Å². The zero-order valence-electron chi connectivity index (χ0n) is 21.7. The van der Waals surface area contributed by atoms with Crippen LogP contribution in [-0.2, 0) is 11.8 Å². The number of benzene rings is 1. The van der Waals surface area contributed by atoms with E-state index in [0.29, 0.717) is 31.2 Å². The van der Waals surface area contributed by atoms with Gasteiger partial charge in [0.15, 0.2) is 0 Å². The number of carbonyl (C=O) groups excluding carboxylic acids is 1. The zero-order chi connectivity index (χ0) is 26.3. The van der Waals surface area contributed by atoms with Crippen LogP contribution in [0.25, 0.3) is 11.6 Å². The van der Waals surface area contributed by atoms with E-state index in [9.17, 15) is 4.79 Å². The van der Waals surface area contributed by atoms with Crippen molar-refractivity contribution in [3.8, 4) is 0 Å². The van der Waals surface area contributed by atoms with E-state index >= 15 is 0 Å². The summed E-state index contributed by atoms with van der Waals surface area (Å²) in [4.78, 5) is 26.0. The van der Waals surface area contributed by atoms with Crippen molar-refractivity contribution >= 4 is 29.3 Å². The Morgan fingerprint density at radius 3 is 2.62 bits per heavy atom. The van der Waals surface area contributed by atoms with Crippen LogP contribution in [-0.4, -0.2) is 62.2 Å². The number of piperazine rings is 1. The molecular weight excluding hydrogens is 488 g/mol. The minimum atomic E-state index is -0.523. The number of hydrogen-bond donors (Lipinski definition) is 1. The monoisotopic (exact) mass is 520 g/mol. The van der Waals surface area contributed by atoms with E-state index in [2.05, 4.69) is 28.1 Å². The normalized spacial score (nSPS) is 18.9. The van der Waals surface area contributed by atoms with Crippen molar-refractivity contribution in [1.82, 2.24) is 24.3 Å². The number of amides is 1. The van der Waals surface area contributed by atoms with Crippen molar-refractivity contribution in [3.63, 3.8) is 0 Å². The quantitative estimate of drug-likeness (QED) is 0.540. The van der Waals surface area contributed by atoms with Gasteiger partial charge in [-0.25, -0.2) is 9.78 Å². The minimum absolute atomic E-state index is 0.114. The van der Waals surface area contributed by atoms with E-state index in [4.69, 9.17) is 27.1 Å². The predicted octanol–water partition coefficient (Wildman–Crippen LogP) is 4.66. The number of nitrogens with two attached hydrogens (primary N) is 1. The molecule has 194 valence electrons. The van der Waals surface area contributed by atoms with Crippen molar-refractivity contribution in [2.24, 2.45) is 12.8 Å². The first kappa shape index (κ1) is 25.4. The molecule has 0 bridgehead atoms. The highest BCUT2D eigenvalue weighted by Crippen LogP contribution is 2.43. The van der Waals surface area contributed by atoms with Crippen LogP contribution in [0.15, 0.2) is 49.1 Å². The maximum atomic E-state index is 12.7. The van der Waals surface area contributed by atoms with Crippen LogP contribution in [0, 0.1) is 0 Å².